The summed E-state index contributed by atoms with van der Waals surface area (Å²) in [6, 6.07) is -0.143. The number of aromatic nitrogens is 1. The topological polar surface area (TPSA) is 106 Å². The first-order chi connectivity index (χ1) is 8.06. The summed E-state index contributed by atoms with van der Waals surface area (Å²) in [6.07, 6.45) is 0.479. The summed E-state index contributed by atoms with van der Waals surface area (Å²) in [5.41, 5.74) is -0.393. The Labute approximate surface area is 94.9 Å². The van der Waals surface area contributed by atoms with Gasteiger partial charge in [0.1, 0.15) is 6.04 Å². The molecule has 0 bridgehead atoms. The fraction of sp³-hybridized carbons (Fsp3) is 0.300. The first kappa shape index (κ1) is 11.2. The number of pyridine rings is 1. The second-order valence-corrected chi connectivity index (χ2v) is 3.62. The van der Waals surface area contributed by atoms with Crippen LogP contribution in [0.25, 0.3) is 0 Å². The number of carbonyl (C=O) groups excluding carboxylic acids is 1. The number of hydrogen-bond acceptors (Lipinski definition) is 5. The highest BCUT2D eigenvalue weighted by Gasteiger charge is 2.32. The molecule has 0 spiro atoms. The maximum Gasteiger partial charge on any atom is 0.326 e. The zero-order valence-electron chi connectivity index (χ0n) is 8.62. The molecule has 1 aliphatic heterocycles. The molecule has 0 aromatic carbocycles. The molecule has 2 N–H and O–H groups in total. The van der Waals surface area contributed by atoms with Crippen molar-refractivity contribution in [3.63, 3.8) is 0 Å². The van der Waals surface area contributed by atoms with Crippen LogP contribution >= 0.6 is 0 Å². The molecule has 17 heavy (non-hydrogen) atoms. The zero-order chi connectivity index (χ0) is 12.6. The minimum absolute atomic E-state index is 0.120. The monoisotopic (exact) mass is 239 g/mol. The lowest BCUT2D eigenvalue weighted by Crippen LogP contribution is -2.27. The largest absolute Gasteiger partial charge is 0.504 e. The number of ether oxygens (including phenoxy) is 1. The molecule has 7 heteroatoms. The molecule has 0 aliphatic carbocycles. The van der Waals surface area contributed by atoms with Gasteiger partial charge in [-0.3, -0.25) is 14.2 Å². The van der Waals surface area contributed by atoms with E-state index in [9.17, 15) is 19.5 Å². The lowest BCUT2D eigenvalue weighted by atomic mass is 10.2. The first-order valence-corrected chi connectivity index (χ1v) is 4.86. The first-order valence-electron chi connectivity index (χ1n) is 4.86. The van der Waals surface area contributed by atoms with Gasteiger partial charge in [0.2, 0.25) is 0 Å². The van der Waals surface area contributed by atoms with Crippen LogP contribution in [0.3, 0.4) is 0 Å². The van der Waals surface area contributed by atoms with Crippen molar-refractivity contribution in [2.45, 2.75) is 18.9 Å². The number of carboxylic acid groups (broad SMARTS) is 1. The molecule has 0 saturated carbocycles. The predicted octanol–water partition coefficient (Wildman–Crippen LogP) is -0.339. The third kappa shape index (κ3) is 1.65. The van der Waals surface area contributed by atoms with Crippen molar-refractivity contribution in [3.05, 3.63) is 22.1 Å². The number of aromatic hydroxyl groups is 1. The minimum Gasteiger partial charge on any atom is -0.504 e. The number of hydrogen-bond donors (Lipinski definition) is 2. The fourth-order valence-electron chi connectivity index (χ4n) is 2.03. The van der Waals surface area contributed by atoms with E-state index in [0.29, 0.717) is 0 Å². The normalized spacial score (nSPS) is 17.5. The molecule has 0 radical (unpaired) electrons. The molecule has 0 amide bonds. The minimum atomic E-state index is -1.13. The molecule has 1 aliphatic rings. The van der Waals surface area contributed by atoms with Crippen molar-refractivity contribution >= 4 is 12.4 Å². The maximum absolute atomic E-state index is 11.6. The average Bonchev–Trinajstić information content (AvgIpc) is 2.68. The Bertz CT molecular complexity index is 546. The summed E-state index contributed by atoms with van der Waals surface area (Å²) in [6.45, 7) is 0.120. The molecule has 90 valence electrons. The van der Waals surface area contributed by atoms with E-state index in [-0.39, 0.29) is 30.8 Å². The number of nitrogens with zero attached hydrogens (tertiary/aromatic N) is 1. The smallest absolute Gasteiger partial charge is 0.326 e. The van der Waals surface area contributed by atoms with E-state index in [0.717, 1.165) is 10.6 Å². The molecule has 0 fully saturated rings. The van der Waals surface area contributed by atoms with E-state index in [2.05, 4.69) is 4.74 Å². The summed E-state index contributed by atoms with van der Waals surface area (Å²) in [5, 5.41) is 18.4. The molecule has 1 aromatic rings. The van der Waals surface area contributed by atoms with E-state index in [1.807, 2.05) is 0 Å². The number of rotatable bonds is 3. The molecule has 2 rings (SSSR count). The maximum atomic E-state index is 11.6. The number of aliphatic carboxylic acids is 1. The summed E-state index contributed by atoms with van der Waals surface area (Å²) in [5.74, 6) is -1.74. The van der Waals surface area contributed by atoms with Gasteiger partial charge in [-0.1, -0.05) is 0 Å². The SMILES string of the molecule is O=COc1c(O)cc(=O)n2c1CCC2C(=O)O. The highest BCUT2D eigenvalue weighted by Crippen LogP contribution is 2.35. The van der Waals surface area contributed by atoms with E-state index in [1.165, 1.54) is 0 Å². The van der Waals surface area contributed by atoms with E-state index >= 15 is 0 Å². The summed E-state index contributed by atoms with van der Waals surface area (Å²) in [7, 11) is 0. The van der Waals surface area contributed by atoms with Crippen molar-refractivity contribution in [1.29, 1.82) is 0 Å². The number of fused-ring (bicyclic) bond motifs is 1. The summed E-state index contributed by atoms with van der Waals surface area (Å²) < 4.78 is 5.61. The van der Waals surface area contributed by atoms with Gasteiger partial charge in [0.25, 0.3) is 12.0 Å². The molecular formula is C10H9NO6. The molecule has 7 nitrogen and oxygen atoms in total. The van der Waals surface area contributed by atoms with Crippen LogP contribution in [-0.2, 0) is 16.0 Å². The van der Waals surface area contributed by atoms with Crippen molar-refractivity contribution < 1.29 is 24.5 Å². The van der Waals surface area contributed by atoms with Gasteiger partial charge < -0.3 is 14.9 Å². The van der Waals surface area contributed by atoms with Gasteiger partial charge >= 0.3 is 5.97 Å². The van der Waals surface area contributed by atoms with Crippen LogP contribution < -0.4 is 10.3 Å². The highest BCUT2D eigenvalue weighted by atomic mass is 16.5. The molecule has 0 saturated heterocycles. The van der Waals surface area contributed by atoms with E-state index in [4.69, 9.17) is 5.11 Å². The Hall–Kier alpha value is -2.31. The Balaban J connectivity index is 2.65. The number of carbonyl (C=O) groups is 2. The zero-order valence-corrected chi connectivity index (χ0v) is 8.62. The quantitative estimate of drug-likeness (QED) is 0.699. The van der Waals surface area contributed by atoms with Gasteiger partial charge in [0, 0.05) is 6.07 Å². The van der Waals surface area contributed by atoms with Gasteiger partial charge in [-0.15, -0.1) is 0 Å². The van der Waals surface area contributed by atoms with Gasteiger partial charge in [-0.05, 0) is 12.8 Å². The van der Waals surface area contributed by atoms with Crippen molar-refractivity contribution in [2.24, 2.45) is 0 Å². The Morgan fingerprint density at radius 3 is 2.88 bits per heavy atom. The van der Waals surface area contributed by atoms with Gasteiger partial charge in [0.05, 0.1) is 5.69 Å². The standard InChI is InChI=1S/C10H9NO6/c12-4-17-9-5-1-2-6(10(15)16)11(5)8(14)3-7(9)13/h3-4,6,13H,1-2H2,(H,15,16). The second kappa shape index (κ2) is 3.93. The lowest BCUT2D eigenvalue weighted by molar-refractivity contribution is -0.140. The fourth-order valence-corrected chi connectivity index (χ4v) is 2.03. The predicted molar refractivity (Wildman–Crippen MR) is 54.1 cm³/mol. The summed E-state index contributed by atoms with van der Waals surface area (Å²) in [4.78, 5) is 32.8. The van der Waals surface area contributed by atoms with E-state index in [1.54, 1.807) is 0 Å². The molecule has 2 heterocycles. The highest BCUT2D eigenvalue weighted by molar-refractivity contribution is 5.73. The Morgan fingerprint density at radius 1 is 1.59 bits per heavy atom. The van der Waals surface area contributed by atoms with Crippen LogP contribution in [0.2, 0.25) is 0 Å². The van der Waals surface area contributed by atoms with Crippen LogP contribution in [-0.4, -0.2) is 27.2 Å². The third-order valence-electron chi connectivity index (χ3n) is 2.70. The van der Waals surface area contributed by atoms with Crippen molar-refractivity contribution in [3.8, 4) is 11.5 Å². The van der Waals surface area contributed by atoms with Gasteiger partial charge in [-0.25, -0.2) is 4.79 Å². The average molecular weight is 239 g/mol. The Kier molecular flexibility index (Phi) is 2.58. The van der Waals surface area contributed by atoms with Crippen LogP contribution in [0, 0.1) is 0 Å². The molecule has 1 atom stereocenters. The van der Waals surface area contributed by atoms with Gasteiger partial charge in [0.15, 0.2) is 11.5 Å². The second-order valence-electron chi connectivity index (χ2n) is 3.62. The molecular weight excluding hydrogens is 230 g/mol. The van der Waals surface area contributed by atoms with Crippen molar-refractivity contribution in [2.75, 3.05) is 0 Å². The van der Waals surface area contributed by atoms with Crippen LogP contribution in [0.5, 0.6) is 11.5 Å². The van der Waals surface area contributed by atoms with E-state index < -0.39 is 23.3 Å². The van der Waals surface area contributed by atoms with Gasteiger partial charge in [-0.2, -0.15) is 0 Å². The van der Waals surface area contributed by atoms with Crippen LogP contribution in [0.15, 0.2) is 10.9 Å². The molecule has 1 unspecified atom stereocenters. The Morgan fingerprint density at radius 2 is 2.29 bits per heavy atom. The van der Waals surface area contributed by atoms with Crippen LogP contribution in [0.1, 0.15) is 18.2 Å². The number of carboxylic acids is 1. The van der Waals surface area contributed by atoms with Crippen molar-refractivity contribution in [1.82, 2.24) is 4.57 Å². The summed E-state index contributed by atoms with van der Waals surface area (Å²) >= 11 is 0. The van der Waals surface area contributed by atoms with Crippen LogP contribution in [0.4, 0.5) is 0 Å². The third-order valence-corrected chi connectivity index (χ3v) is 2.70. The molecule has 1 aromatic heterocycles. The lowest BCUT2D eigenvalue weighted by Gasteiger charge is -2.12.